The molecule has 0 aliphatic rings. The maximum atomic E-state index is 12.5. The van der Waals surface area contributed by atoms with Gasteiger partial charge >= 0.3 is 17.9 Å². The standard InChI is InChI=1S/C44H64N2O10/c1-27(2)33-20-31(22-35(41(33)52)43(6,7)8)15-17-39(50)55-25-37(48)45-19-13-12-14-28(3)34-21-32(23-36(42(34)53)44(9,10)11)16-18-40(51)56-26-38(49)46-29(4)24-54-30(5)47/h12-13,20-23,27-29,52-53H,14-19,24-26H2,1-11H3,(H,45,48)(H,46,49)/b13-12+. The number of aryl methyl sites for hydroxylation is 2. The summed E-state index contributed by atoms with van der Waals surface area (Å²) in [6.07, 6.45) is 5.17. The van der Waals surface area contributed by atoms with E-state index in [1.807, 2.05) is 92.7 Å². The molecule has 0 bridgehead atoms. The fraction of sp³-hybridized carbons (Fsp3) is 0.568. The van der Waals surface area contributed by atoms with E-state index in [2.05, 4.69) is 10.6 Å². The average Bonchev–Trinajstić information content (AvgIpc) is 3.09. The van der Waals surface area contributed by atoms with Crippen LogP contribution in [0.1, 0.15) is 141 Å². The minimum atomic E-state index is -0.545. The van der Waals surface area contributed by atoms with Crippen molar-refractivity contribution >= 4 is 29.7 Å². The first kappa shape index (κ1) is 47.3. The van der Waals surface area contributed by atoms with E-state index in [0.29, 0.717) is 25.0 Å². The normalized spacial score (nSPS) is 12.9. The molecule has 0 saturated heterocycles. The number of rotatable bonds is 19. The van der Waals surface area contributed by atoms with Crippen LogP contribution in [0.4, 0.5) is 0 Å². The smallest absolute Gasteiger partial charge is 0.306 e. The Morgan fingerprint density at radius 2 is 1.18 bits per heavy atom. The Bertz CT molecular complexity index is 1720. The summed E-state index contributed by atoms with van der Waals surface area (Å²) in [7, 11) is 0. The molecular formula is C44H64N2O10. The fourth-order valence-electron chi connectivity index (χ4n) is 5.95. The molecule has 0 spiro atoms. The Kier molecular flexibility index (Phi) is 18.1. The highest BCUT2D eigenvalue weighted by Gasteiger charge is 2.25. The van der Waals surface area contributed by atoms with Crippen molar-refractivity contribution in [2.75, 3.05) is 26.4 Å². The number of aromatic hydroxyl groups is 2. The van der Waals surface area contributed by atoms with Crippen molar-refractivity contribution in [2.24, 2.45) is 0 Å². The van der Waals surface area contributed by atoms with Crippen LogP contribution in [0.25, 0.3) is 0 Å². The molecule has 2 amide bonds. The molecule has 0 radical (unpaired) electrons. The summed E-state index contributed by atoms with van der Waals surface area (Å²) in [5.41, 5.74) is 4.26. The summed E-state index contributed by atoms with van der Waals surface area (Å²) < 4.78 is 15.2. The largest absolute Gasteiger partial charge is 0.507 e. The van der Waals surface area contributed by atoms with Gasteiger partial charge in [0, 0.05) is 26.3 Å². The molecule has 2 aromatic rings. The summed E-state index contributed by atoms with van der Waals surface area (Å²) in [5.74, 6) is -1.91. The third kappa shape index (κ3) is 16.1. The number of ether oxygens (including phenoxy) is 3. The molecule has 0 aliphatic heterocycles. The molecule has 12 heteroatoms. The number of esters is 3. The van der Waals surface area contributed by atoms with Gasteiger partial charge in [-0.25, -0.2) is 0 Å². The van der Waals surface area contributed by atoms with E-state index in [0.717, 1.165) is 33.4 Å². The SMILES string of the molecule is CC(=O)OCC(C)NC(=O)COC(=O)CCc1cc(C(C)C/C=C/CNC(=O)COC(=O)CCc2cc(C(C)C)c(O)c(C(C)(C)C)c2)c(O)c(C(C)(C)C)c1. The van der Waals surface area contributed by atoms with Crippen LogP contribution in [-0.4, -0.2) is 72.3 Å². The topological polar surface area (TPSA) is 178 Å². The lowest BCUT2D eigenvalue weighted by atomic mass is 9.81. The van der Waals surface area contributed by atoms with Gasteiger partial charge in [-0.3, -0.25) is 24.0 Å². The molecule has 2 atom stereocenters. The highest BCUT2D eigenvalue weighted by molar-refractivity contribution is 5.81. The third-order valence-corrected chi connectivity index (χ3v) is 9.15. The fourth-order valence-corrected chi connectivity index (χ4v) is 5.95. The monoisotopic (exact) mass is 780 g/mol. The van der Waals surface area contributed by atoms with Crippen LogP contribution in [-0.2, 0) is 61.9 Å². The lowest BCUT2D eigenvalue weighted by Gasteiger charge is -2.25. The van der Waals surface area contributed by atoms with Crippen molar-refractivity contribution in [1.29, 1.82) is 0 Å². The summed E-state index contributed by atoms with van der Waals surface area (Å²) in [4.78, 5) is 60.4. The molecule has 0 fully saturated rings. The first-order valence-corrected chi connectivity index (χ1v) is 19.4. The number of phenolic OH excluding ortho intramolecular Hbond substituents is 2. The van der Waals surface area contributed by atoms with Gasteiger partial charge in [-0.05, 0) is 82.2 Å². The molecule has 56 heavy (non-hydrogen) atoms. The Morgan fingerprint density at radius 1 is 0.696 bits per heavy atom. The molecule has 310 valence electrons. The predicted molar refractivity (Wildman–Crippen MR) is 216 cm³/mol. The van der Waals surface area contributed by atoms with Crippen molar-refractivity contribution in [3.63, 3.8) is 0 Å². The first-order valence-electron chi connectivity index (χ1n) is 19.4. The number of nitrogens with one attached hydrogen (secondary N) is 2. The van der Waals surface area contributed by atoms with Crippen molar-refractivity contribution in [2.45, 2.75) is 137 Å². The molecule has 0 aliphatic carbocycles. The maximum absolute atomic E-state index is 12.5. The molecule has 0 heterocycles. The van der Waals surface area contributed by atoms with E-state index in [-0.39, 0.29) is 54.4 Å². The van der Waals surface area contributed by atoms with E-state index >= 15 is 0 Å². The lowest BCUT2D eigenvalue weighted by Crippen LogP contribution is -2.38. The van der Waals surface area contributed by atoms with Gasteiger partial charge in [-0.2, -0.15) is 0 Å². The van der Waals surface area contributed by atoms with E-state index in [1.165, 1.54) is 6.92 Å². The molecule has 0 aromatic heterocycles. The van der Waals surface area contributed by atoms with E-state index in [9.17, 15) is 34.2 Å². The van der Waals surface area contributed by atoms with Gasteiger partial charge < -0.3 is 35.1 Å². The second-order valence-corrected chi connectivity index (χ2v) is 16.8. The molecular weight excluding hydrogens is 716 g/mol. The van der Waals surface area contributed by atoms with Crippen LogP contribution >= 0.6 is 0 Å². The quantitative estimate of drug-likeness (QED) is 0.0682. The van der Waals surface area contributed by atoms with Crippen LogP contribution in [0, 0.1) is 0 Å². The van der Waals surface area contributed by atoms with Crippen LogP contribution in [0.2, 0.25) is 0 Å². The van der Waals surface area contributed by atoms with Gasteiger partial charge in [0.1, 0.15) is 18.1 Å². The van der Waals surface area contributed by atoms with Gasteiger partial charge in [0.15, 0.2) is 13.2 Å². The number of amides is 2. The van der Waals surface area contributed by atoms with Crippen molar-refractivity contribution in [1.82, 2.24) is 10.6 Å². The Balaban J connectivity index is 1.89. The second-order valence-electron chi connectivity index (χ2n) is 16.8. The third-order valence-electron chi connectivity index (χ3n) is 9.15. The molecule has 0 saturated carbocycles. The van der Waals surface area contributed by atoms with Gasteiger partial charge in [0.25, 0.3) is 11.8 Å². The number of carbonyl (C=O) groups is 5. The average molecular weight is 781 g/mol. The van der Waals surface area contributed by atoms with Gasteiger partial charge in [0.2, 0.25) is 0 Å². The van der Waals surface area contributed by atoms with Crippen LogP contribution in [0.15, 0.2) is 36.4 Å². The number of phenols is 2. The maximum Gasteiger partial charge on any atom is 0.306 e. The minimum absolute atomic E-state index is 0.0153. The number of hydrogen-bond donors (Lipinski definition) is 4. The zero-order valence-corrected chi connectivity index (χ0v) is 35.2. The lowest BCUT2D eigenvalue weighted by molar-refractivity contribution is -0.149. The summed E-state index contributed by atoms with van der Waals surface area (Å²) >= 11 is 0. The van der Waals surface area contributed by atoms with E-state index in [4.69, 9.17) is 14.2 Å². The first-order chi connectivity index (χ1) is 26.0. The highest BCUT2D eigenvalue weighted by atomic mass is 16.5. The highest BCUT2D eigenvalue weighted by Crippen LogP contribution is 2.40. The zero-order chi connectivity index (χ0) is 42.4. The summed E-state index contributed by atoms with van der Waals surface area (Å²) in [6, 6.07) is 7.19. The Hall–Kier alpha value is -4.87. The number of hydrogen-bond acceptors (Lipinski definition) is 10. The molecule has 2 aromatic carbocycles. The number of carbonyl (C=O) groups excluding carboxylic acids is 5. The van der Waals surface area contributed by atoms with Crippen LogP contribution in [0.3, 0.4) is 0 Å². The van der Waals surface area contributed by atoms with Crippen molar-refractivity contribution in [3.05, 3.63) is 69.8 Å². The Morgan fingerprint density at radius 3 is 1.66 bits per heavy atom. The minimum Gasteiger partial charge on any atom is -0.507 e. The van der Waals surface area contributed by atoms with Crippen molar-refractivity contribution in [3.8, 4) is 11.5 Å². The predicted octanol–water partition coefficient (Wildman–Crippen LogP) is 6.70. The molecule has 4 N–H and O–H groups in total. The summed E-state index contributed by atoms with van der Waals surface area (Å²) in [6.45, 7) is 20.4. The van der Waals surface area contributed by atoms with Gasteiger partial charge in [0.05, 0.1) is 6.04 Å². The summed E-state index contributed by atoms with van der Waals surface area (Å²) in [5, 5.41) is 27.4. The van der Waals surface area contributed by atoms with E-state index < -0.39 is 49.0 Å². The van der Waals surface area contributed by atoms with Crippen LogP contribution in [0.5, 0.6) is 11.5 Å². The molecule has 12 nitrogen and oxygen atoms in total. The van der Waals surface area contributed by atoms with Crippen LogP contribution < -0.4 is 10.6 Å². The van der Waals surface area contributed by atoms with E-state index in [1.54, 1.807) is 13.0 Å². The number of allylic oxidation sites excluding steroid dienone is 1. The number of benzene rings is 2. The Labute approximate surface area is 332 Å². The second kappa shape index (κ2) is 21.4. The molecule has 2 rings (SSSR count). The molecule has 2 unspecified atom stereocenters. The van der Waals surface area contributed by atoms with Crippen molar-refractivity contribution < 1.29 is 48.4 Å². The van der Waals surface area contributed by atoms with Gasteiger partial charge in [-0.1, -0.05) is 98.7 Å². The van der Waals surface area contributed by atoms with Gasteiger partial charge in [-0.15, -0.1) is 0 Å². The zero-order valence-electron chi connectivity index (χ0n) is 35.2.